The van der Waals surface area contributed by atoms with E-state index in [-0.39, 0.29) is 40.6 Å². The second-order valence-electron chi connectivity index (χ2n) is 7.68. The monoisotopic (exact) mass is 513 g/mol. The molecule has 0 radical (unpaired) electrons. The Labute approximate surface area is 206 Å². The number of carbonyl (C=O) groups is 3. The van der Waals surface area contributed by atoms with Crippen molar-refractivity contribution in [1.29, 1.82) is 0 Å². The molecule has 0 aromatic heterocycles. The normalized spacial score (nSPS) is 13.3. The second kappa shape index (κ2) is 9.69. The Morgan fingerprint density at radius 1 is 0.919 bits per heavy atom. The Morgan fingerprint density at radius 3 is 2.11 bits per heavy atom. The van der Waals surface area contributed by atoms with Crippen molar-refractivity contribution in [2.75, 3.05) is 6.61 Å². The van der Waals surface area contributed by atoms with Crippen LogP contribution in [0.5, 0.6) is 5.75 Å². The molecule has 188 valence electrons. The summed E-state index contributed by atoms with van der Waals surface area (Å²) in [5.41, 5.74) is -2.37. The number of phenols is 1. The first-order chi connectivity index (χ1) is 17.6. The standard InChI is InChI=1S/C26H15F4NO6/c1-2-37-26(36)16(25(35)15-7-17(27)21(29)22(30)20(15)28)10-31-18-8-13-14(9-19(18)32)24(34)12-6-4-3-5-11(12)23(13)33/h3-10,32,35H,2H2,1H3/b25-16-,31-10?. The number of nitrogens with zero attached hydrogens (tertiary/aromatic N) is 1. The van der Waals surface area contributed by atoms with Crippen molar-refractivity contribution in [3.05, 3.63) is 99.1 Å². The summed E-state index contributed by atoms with van der Waals surface area (Å²) in [6.45, 7) is 1.18. The number of ether oxygens (including phenoxy) is 1. The van der Waals surface area contributed by atoms with Gasteiger partial charge in [0.05, 0.1) is 12.2 Å². The van der Waals surface area contributed by atoms with Crippen molar-refractivity contribution in [2.45, 2.75) is 6.92 Å². The molecular weight excluding hydrogens is 498 g/mol. The van der Waals surface area contributed by atoms with Crippen molar-refractivity contribution >= 4 is 35.2 Å². The van der Waals surface area contributed by atoms with Gasteiger partial charge in [-0.15, -0.1) is 0 Å². The molecule has 0 saturated heterocycles. The maximum absolute atomic E-state index is 14.2. The van der Waals surface area contributed by atoms with Crippen LogP contribution in [0.3, 0.4) is 0 Å². The van der Waals surface area contributed by atoms with Crippen LogP contribution < -0.4 is 0 Å². The average molecular weight is 513 g/mol. The summed E-state index contributed by atoms with van der Waals surface area (Å²) in [7, 11) is 0. The summed E-state index contributed by atoms with van der Waals surface area (Å²) in [6.07, 6.45) is 0.594. The zero-order valence-corrected chi connectivity index (χ0v) is 18.8. The minimum atomic E-state index is -2.22. The van der Waals surface area contributed by atoms with Gasteiger partial charge in [-0.3, -0.25) is 14.6 Å². The quantitative estimate of drug-likeness (QED) is 0.0742. The minimum Gasteiger partial charge on any atom is -0.506 e. The van der Waals surface area contributed by atoms with Crippen LogP contribution in [0.1, 0.15) is 44.3 Å². The number of ketones is 2. The molecule has 37 heavy (non-hydrogen) atoms. The second-order valence-corrected chi connectivity index (χ2v) is 7.68. The van der Waals surface area contributed by atoms with Crippen molar-refractivity contribution in [2.24, 2.45) is 4.99 Å². The highest BCUT2D eigenvalue weighted by molar-refractivity contribution is 6.28. The Morgan fingerprint density at radius 2 is 1.51 bits per heavy atom. The molecule has 0 aliphatic heterocycles. The van der Waals surface area contributed by atoms with E-state index in [2.05, 4.69) is 4.99 Å². The molecule has 1 aliphatic rings. The fraction of sp³-hybridized carbons (Fsp3) is 0.0769. The van der Waals surface area contributed by atoms with Gasteiger partial charge in [0, 0.05) is 28.5 Å². The van der Waals surface area contributed by atoms with Gasteiger partial charge < -0.3 is 14.9 Å². The molecule has 0 fully saturated rings. The Hall–Kier alpha value is -4.80. The van der Waals surface area contributed by atoms with E-state index in [1.165, 1.54) is 19.1 Å². The number of esters is 1. The third-order valence-electron chi connectivity index (χ3n) is 5.46. The Bertz CT molecular complexity index is 1560. The van der Waals surface area contributed by atoms with Crippen LogP contribution in [0.25, 0.3) is 5.76 Å². The molecule has 0 atom stereocenters. The van der Waals surface area contributed by atoms with E-state index < -0.39 is 63.4 Å². The number of fused-ring (bicyclic) bond motifs is 2. The minimum absolute atomic E-state index is 0.0940. The summed E-state index contributed by atoms with van der Waals surface area (Å²) < 4.78 is 59.7. The molecule has 11 heteroatoms. The topological polar surface area (TPSA) is 113 Å². The van der Waals surface area contributed by atoms with Crippen molar-refractivity contribution in [3.8, 4) is 5.75 Å². The number of aromatic hydroxyl groups is 1. The summed E-state index contributed by atoms with van der Waals surface area (Å²) in [5.74, 6) is -12.5. The first-order valence-corrected chi connectivity index (χ1v) is 10.6. The molecule has 0 bridgehead atoms. The van der Waals surface area contributed by atoms with Crippen LogP contribution in [0.15, 0.2) is 53.0 Å². The summed E-state index contributed by atoms with van der Waals surface area (Å²) in [6, 6.07) is 8.24. The molecule has 0 spiro atoms. The van der Waals surface area contributed by atoms with Crippen molar-refractivity contribution in [1.82, 2.24) is 0 Å². The third-order valence-corrected chi connectivity index (χ3v) is 5.46. The highest BCUT2D eigenvalue weighted by atomic mass is 19.2. The van der Waals surface area contributed by atoms with E-state index in [4.69, 9.17) is 4.74 Å². The highest BCUT2D eigenvalue weighted by Gasteiger charge is 2.31. The van der Waals surface area contributed by atoms with E-state index in [9.17, 15) is 42.2 Å². The molecule has 0 saturated carbocycles. The summed E-state index contributed by atoms with van der Waals surface area (Å²) >= 11 is 0. The van der Waals surface area contributed by atoms with Crippen LogP contribution in [-0.4, -0.2) is 40.6 Å². The van der Waals surface area contributed by atoms with Crippen LogP contribution in [0, 0.1) is 23.3 Å². The van der Waals surface area contributed by atoms with Gasteiger partial charge in [0.15, 0.2) is 34.8 Å². The lowest BCUT2D eigenvalue weighted by Crippen LogP contribution is -2.20. The van der Waals surface area contributed by atoms with E-state index in [1.807, 2.05) is 0 Å². The van der Waals surface area contributed by atoms with Gasteiger partial charge in [0.2, 0.25) is 0 Å². The fourth-order valence-electron chi connectivity index (χ4n) is 3.67. The van der Waals surface area contributed by atoms with Crippen LogP contribution in [0.4, 0.5) is 23.2 Å². The number of hydrogen-bond donors (Lipinski definition) is 2. The lowest BCUT2D eigenvalue weighted by molar-refractivity contribution is -0.137. The van der Waals surface area contributed by atoms with Gasteiger partial charge in [0.1, 0.15) is 22.8 Å². The SMILES string of the molecule is CCOC(=O)/C(C=Nc1cc2c(cc1O)C(=O)c1ccccc1C2=O)=C(\O)c1cc(F)c(F)c(F)c1F. The van der Waals surface area contributed by atoms with E-state index in [0.717, 1.165) is 12.1 Å². The predicted molar refractivity (Wildman–Crippen MR) is 122 cm³/mol. The smallest absolute Gasteiger partial charge is 0.343 e. The van der Waals surface area contributed by atoms with Gasteiger partial charge in [-0.1, -0.05) is 24.3 Å². The summed E-state index contributed by atoms with van der Waals surface area (Å²) in [5, 5.41) is 20.9. The first-order valence-electron chi connectivity index (χ1n) is 10.6. The fourth-order valence-corrected chi connectivity index (χ4v) is 3.67. The molecule has 4 rings (SSSR count). The molecule has 7 nitrogen and oxygen atoms in total. The van der Waals surface area contributed by atoms with E-state index >= 15 is 0 Å². The van der Waals surface area contributed by atoms with Gasteiger partial charge >= 0.3 is 5.97 Å². The zero-order valence-electron chi connectivity index (χ0n) is 18.8. The number of hydrogen-bond acceptors (Lipinski definition) is 7. The zero-order chi connectivity index (χ0) is 27.0. The van der Waals surface area contributed by atoms with Gasteiger partial charge in [-0.05, 0) is 25.1 Å². The van der Waals surface area contributed by atoms with Crippen LogP contribution in [-0.2, 0) is 9.53 Å². The molecule has 3 aromatic rings. The first kappa shape index (κ1) is 25.3. The summed E-state index contributed by atoms with van der Waals surface area (Å²) in [4.78, 5) is 41.9. The van der Waals surface area contributed by atoms with Crippen LogP contribution in [0.2, 0.25) is 0 Å². The molecule has 0 heterocycles. The highest BCUT2D eigenvalue weighted by Crippen LogP contribution is 2.36. The van der Waals surface area contributed by atoms with Crippen molar-refractivity contribution in [3.63, 3.8) is 0 Å². The Balaban J connectivity index is 1.83. The third kappa shape index (κ3) is 4.35. The maximum atomic E-state index is 14.2. The molecule has 3 aromatic carbocycles. The largest absolute Gasteiger partial charge is 0.506 e. The number of halogens is 4. The lowest BCUT2D eigenvalue weighted by atomic mass is 9.84. The number of aliphatic hydroxyl groups excluding tert-OH is 1. The molecular formula is C26H15F4NO6. The number of rotatable bonds is 5. The lowest BCUT2D eigenvalue weighted by Gasteiger charge is -2.18. The number of carbonyl (C=O) groups excluding carboxylic acids is 3. The molecule has 1 aliphatic carbocycles. The number of benzene rings is 3. The number of aliphatic imine (C=N–C) groups is 1. The van der Waals surface area contributed by atoms with Gasteiger partial charge in [-0.25, -0.2) is 22.4 Å². The number of phenolic OH excluding ortho intramolecular Hbond substituents is 1. The number of aliphatic hydroxyl groups is 1. The van der Waals surface area contributed by atoms with Crippen LogP contribution >= 0.6 is 0 Å². The Kier molecular flexibility index (Phi) is 6.62. The van der Waals surface area contributed by atoms with E-state index in [1.54, 1.807) is 12.1 Å². The molecule has 2 N–H and O–H groups in total. The maximum Gasteiger partial charge on any atom is 0.343 e. The van der Waals surface area contributed by atoms with Gasteiger partial charge in [-0.2, -0.15) is 0 Å². The predicted octanol–water partition coefficient (Wildman–Crippen LogP) is 4.96. The molecule has 0 amide bonds. The average Bonchev–Trinajstić information content (AvgIpc) is 2.88. The van der Waals surface area contributed by atoms with Gasteiger partial charge in [0.25, 0.3) is 0 Å². The molecule has 0 unspecified atom stereocenters. The van der Waals surface area contributed by atoms with Crippen molar-refractivity contribution < 1.29 is 46.9 Å². The van der Waals surface area contributed by atoms with E-state index in [0.29, 0.717) is 6.21 Å².